The quantitative estimate of drug-likeness (QED) is 0.434. The second kappa shape index (κ2) is 4.67. The average Bonchev–Trinajstić information content (AvgIpc) is 1.85. The number of aliphatic hydroxyl groups excluding tert-OH is 1. The summed E-state index contributed by atoms with van der Waals surface area (Å²) >= 11 is 0. The molecule has 0 unspecified atom stereocenters. The summed E-state index contributed by atoms with van der Waals surface area (Å²) in [7, 11) is -3.86. The number of rotatable bonds is 4. The van der Waals surface area contributed by atoms with Crippen LogP contribution in [0.5, 0.6) is 0 Å². The Morgan fingerprint density at radius 1 is 1.55 bits per heavy atom. The third-order valence-electron chi connectivity index (χ3n) is 1.16. The zero-order valence-electron chi connectivity index (χ0n) is 6.40. The lowest BCUT2D eigenvalue weighted by Gasteiger charge is -2.00. The summed E-state index contributed by atoms with van der Waals surface area (Å²) in [6.45, 7) is 1.65. The Balaban J connectivity index is 3.66. The maximum atomic E-state index is 10.3. The first kappa shape index (κ1) is 10.8. The van der Waals surface area contributed by atoms with Crippen LogP contribution in [0.25, 0.3) is 0 Å². The molecule has 0 radical (unpaired) electrons. The average molecular weight is 180 g/mol. The molecule has 0 aliphatic heterocycles. The summed E-state index contributed by atoms with van der Waals surface area (Å²) < 4.78 is 10.3. The summed E-state index contributed by atoms with van der Waals surface area (Å²) in [6.07, 6.45) is 1.79. The molecule has 0 aromatic heterocycles. The Kier molecular flexibility index (Phi) is 4.61. The lowest BCUT2D eigenvalue weighted by Crippen LogP contribution is -1.88. The van der Waals surface area contributed by atoms with Crippen molar-refractivity contribution in [1.82, 2.24) is 0 Å². The van der Waals surface area contributed by atoms with E-state index in [1.54, 1.807) is 13.0 Å². The fourth-order valence-electron chi connectivity index (χ4n) is 0.544. The normalized spacial score (nSPS) is 13.6. The zero-order valence-corrected chi connectivity index (χ0v) is 7.29. The molecule has 66 valence electrons. The minimum absolute atomic E-state index is 0.0544. The number of hydrogen-bond acceptors (Lipinski definition) is 2. The maximum absolute atomic E-state index is 10.3. The second-order valence-electron chi connectivity index (χ2n) is 2.39. The van der Waals surface area contributed by atoms with Crippen LogP contribution in [0.2, 0.25) is 0 Å². The van der Waals surface area contributed by atoms with Crippen LogP contribution >= 0.6 is 7.60 Å². The van der Waals surface area contributed by atoms with Crippen molar-refractivity contribution in [1.29, 1.82) is 0 Å². The van der Waals surface area contributed by atoms with E-state index in [9.17, 15) is 4.57 Å². The maximum Gasteiger partial charge on any atom is 0.325 e. The highest BCUT2D eigenvalue weighted by molar-refractivity contribution is 7.51. The highest BCUT2D eigenvalue weighted by Gasteiger charge is 2.09. The van der Waals surface area contributed by atoms with E-state index in [1.165, 1.54) is 0 Å². The monoisotopic (exact) mass is 180 g/mol. The van der Waals surface area contributed by atoms with Crippen LogP contribution in [0.3, 0.4) is 0 Å². The zero-order chi connectivity index (χ0) is 8.91. The summed E-state index contributed by atoms with van der Waals surface area (Å²) in [6, 6.07) is 0. The molecule has 0 aromatic carbocycles. The van der Waals surface area contributed by atoms with E-state index < -0.39 is 7.60 Å². The van der Waals surface area contributed by atoms with Gasteiger partial charge in [0.1, 0.15) is 0 Å². The third-order valence-corrected chi connectivity index (χ3v) is 2.00. The van der Waals surface area contributed by atoms with Crippen molar-refractivity contribution < 1.29 is 19.5 Å². The molecule has 0 fully saturated rings. The van der Waals surface area contributed by atoms with Crippen LogP contribution < -0.4 is 0 Å². The first-order valence-corrected chi connectivity index (χ1v) is 5.06. The predicted molar refractivity (Wildman–Crippen MR) is 42.4 cm³/mol. The van der Waals surface area contributed by atoms with Gasteiger partial charge in [0, 0.05) is 0 Å². The molecule has 0 aliphatic carbocycles. The predicted octanol–water partition coefficient (Wildman–Crippen LogP) is 0.493. The topological polar surface area (TPSA) is 77.8 Å². The highest BCUT2D eigenvalue weighted by atomic mass is 31.2. The van der Waals surface area contributed by atoms with Gasteiger partial charge in [-0.15, -0.1) is 0 Å². The van der Waals surface area contributed by atoms with Gasteiger partial charge in [-0.05, 0) is 13.3 Å². The molecule has 3 N–H and O–H groups in total. The van der Waals surface area contributed by atoms with Gasteiger partial charge in [-0.3, -0.25) is 4.57 Å². The van der Waals surface area contributed by atoms with Gasteiger partial charge >= 0.3 is 7.60 Å². The standard InChI is InChI=1S/C6H13O4P/c1-6(5-7)3-2-4-11(8,9)10/h3,7H,2,4-5H2,1H3,(H2,8,9,10)/b6-3+. The van der Waals surface area contributed by atoms with Crippen molar-refractivity contribution in [2.24, 2.45) is 0 Å². The summed E-state index contributed by atoms with van der Waals surface area (Å²) in [5, 5.41) is 8.50. The van der Waals surface area contributed by atoms with E-state index in [2.05, 4.69) is 0 Å². The SMILES string of the molecule is C/C(=C\CCP(=O)(O)O)CO. The van der Waals surface area contributed by atoms with Crippen molar-refractivity contribution in [2.45, 2.75) is 13.3 Å². The van der Waals surface area contributed by atoms with Crippen molar-refractivity contribution in [3.63, 3.8) is 0 Å². The molecule has 5 heteroatoms. The van der Waals surface area contributed by atoms with Gasteiger partial charge in [0.2, 0.25) is 0 Å². The Hall–Kier alpha value is -0.150. The van der Waals surface area contributed by atoms with E-state index in [0.717, 1.165) is 5.57 Å². The minimum Gasteiger partial charge on any atom is -0.392 e. The van der Waals surface area contributed by atoms with Crippen LogP contribution in [0, 0.1) is 0 Å². The molecule has 0 amide bonds. The van der Waals surface area contributed by atoms with Crippen molar-refractivity contribution in [3.8, 4) is 0 Å². The fourth-order valence-corrected chi connectivity index (χ4v) is 1.01. The van der Waals surface area contributed by atoms with E-state index in [-0.39, 0.29) is 12.8 Å². The van der Waals surface area contributed by atoms with Crippen molar-refractivity contribution in [2.75, 3.05) is 12.8 Å². The van der Waals surface area contributed by atoms with Gasteiger partial charge in [-0.1, -0.05) is 11.6 Å². The van der Waals surface area contributed by atoms with Crippen LogP contribution in [0.1, 0.15) is 13.3 Å². The summed E-state index contributed by atoms with van der Waals surface area (Å²) in [5.41, 5.74) is 0.735. The minimum atomic E-state index is -3.86. The molecule has 0 atom stereocenters. The number of allylic oxidation sites excluding steroid dienone is 1. The molecule has 0 saturated heterocycles. The van der Waals surface area contributed by atoms with E-state index in [4.69, 9.17) is 14.9 Å². The molecule has 0 aromatic rings. The molecule has 0 bridgehead atoms. The molecular formula is C6H13O4P. The number of aliphatic hydroxyl groups is 1. The van der Waals surface area contributed by atoms with Crippen LogP contribution in [0.4, 0.5) is 0 Å². The Morgan fingerprint density at radius 3 is 2.45 bits per heavy atom. The van der Waals surface area contributed by atoms with Gasteiger partial charge in [0.15, 0.2) is 0 Å². The first-order valence-electron chi connectivity index (χ1n) is 3.27. The molecule has 0 heterocycles. The third kappa shape index (κ3) is 7.75. The van der Waals surface area contributed by atoms with Crippen LogP contribution in [0.15, 0.2) is 11.6 Å². The second-order valence-corrected chi connectivity index (χ2v) is 4.16. The summed E-state index contributed by atoms with van der Waals surface area (Å²) in [4.78, 5) is 16.8. The highest BCUT2D eigenvalue weighted by Crippen LogP contribution is 2.34. The van der Waals surface area contributed by atoms with E-state index in [0.29, 0.717) is 6.42 Å². The number of hydrogen-bond donors (Lipinski definition) is 3. The van der Waals surface area contributed by atoms with Gasteiger partial charge in [0.05, 0.1) is 12.8 Å². The smallest absolute Gasteiger partial charge is 0.325 e. The lowest BCUT2D eigenvalue weighted by molar-refractivity contribution is 0.330. The van der Waals surface area contributed by atoms with Gasteiger partial charge in [-0.2, -0.15) is 0 Å². The molecule has 11 heavy (non-hydrogen) atoms. The molecular weight excluding hydrogens is 167 g/mol. The summed E-state index contributed by atoms with van der Waals surface area (Å²) in [5.74, 6) is 0. The van der Waals surface area contributed by atoms with E-state index >= 15 is 0 Å². The van der Waals surface area contributed by atoms with E-state index in [1.807, 2.05) is 0 Å². The molecule has 0 rings (SSSR count). The molecule has 0 spiro atoms. The fraction of sp³-hybridized carbons (Fsp3) is 0.667. The Labute approximate surface area is 65.7 Å². The lowest BCUT2D eigenvalue weighted by atomic mass is 10.3. The van der Waals surface area contributed by atoms with Crippen LogP contribution in [-0.4, -0.2) is 27.7 Å². The first-order chi connectivity index (χ1) is 4.95. The molecule has 0 aliphatic rings. The van der Waals surface area contributed by atoms with Crippen molar-refractivity contribution >= 4 is 7.60 Å². The van der Waals surface area contributed by atoms with Gasteiger partial charge < -0.3 is 14.9 Å². The van der Waals surface area contributed by atoms with Crippen LogP contribution in [-0.2, 0) is 4.57 Å². The Bertz CT molecular complexity index is 181. The van der Waals surface area contributed by atoms with Gasteiger partial charge in [0.25, 0.3) is 0 Å². The largest absolute Gasteiger partial charge is 0.392 e. The molecule has 0 saturated carbocycles. The van der Waals surface area contributed by atoms with Gasteiger partial charge in [-0.25, -0.2) is 0 Å². The Morgan fingerprint density at radius 2 is 2.09 bits per heavy atom. The molecule has 4 nitrogen and oxygen atoms in total. The van der Waals surface area contributed by atoms with Crippen molar-refractivity contribution in [3.05, 3.63) is 11.6 Å².